The number of hydrogen-bond donors (Lipinski definition) is 1. The van der Waals surface area contributed by atoms with E-state index in [9.17, 15) is 14.3 Å². The monoisotopic (exact) mass is 282 g/mol. The first-order chi connectivity index (χ1) is 10.1. The molecule has 2 aromatic carbocycles. The molecule has 0 bridgehead atoms. The van der Waals surface area contributed by atoms with Crippen LogP contribution in [-0.4, -0.2) is 20.9 Å². The average molecular weight is 282 g/mol. The van der Waals surface area contributed by atoms with E-state index in [-0.39, 0.29) is 5.69 Å². The molecule has 3 rings (SSSR count). The van der Waals surface area contributed by atoms with Crippen molar-refractivity contribution in [2.24, 2.45) is 0 Å². The number of rotatable bonds is 3. The normalized spacial score (nSPS) is 10.5. The third-order valence-electron chi connectivity index (χ3n) is 3.07. The van der Waals surface area contributed by atoms with Gasteiger partial charge < -0.3 is 5.11 Å². The van der Waals surface area contributed by atoms with Gasteiger partial charge in [0.1, 0.15) is 5.82 Å². The lowest BCUT2D eigenvalue weighted by Crippen LogP contribution is -2.02. The number of halogens is 1. The van der Waals surface area contributed by atoms with Crippen molar-refractivity contribution in [1.29, 1.82) is 0 Å². The molecular formula is C16H11FN2O2. The summed E-state index contributed by atoms with van der Waals surface area (Å²) in [6.45, 7) is 0. The maximum atomic E-state index is 13.3. The van der Waals surface area contributed by atoms with Gasteiger partial charge in [0.15, 0.2) is 5.69 Å². The number of aromatic nitrogens is 2. The molecule has 0 spiro atoms. The number of carboxylic acid groups (broad SMARTS) is 1. The van der Waals surface area contributed by atoms with E-state index in [2.05, 4.69) is 5.10 Å². The van der Waals surface area contributed by atoms with E-state index in [1.807, 2.05) is 18.2 Å². The fourth-order valence-electron chi connectivity index (χ4n) is 2.11. The summed E-state index contributed by atoms with van der Waals surface area (Å²) in [5.74, 6) is -1.52. The van der Waals surface area contributed by atoms with Crippen LogP contribution < -0.4 is 0 Å². The topological polar surface area (TPSA) is 55.1 Å². The molecule has 0 saturated carbocycles. The Morgan fingerprint density at radius 3 is 2.52 bits per heavy atom. The van der Waals surface area contributed by atoms with Crippen molar-refractivity contribution in [1.82, 2.24) is 9.78 Å². The van der Waals surface area contributed by atoms with Crippen LogP contribution in [0.5, 0.6) is 0 Å². The second-order valence-electron chi connectivity index (χ2n) is 4.49. The van der Waals surface area contributed by atoms with Crippen molar-refractivity contribution in [3.05, 3.63) is 72.3 Å². The largest absolute Gasteiger partial charge is 0.476 e. The van der Waals surface area contributed by atoms with Crippen LogP contribution in [-0.2, 0) is 0 Å². The minimum atomic E-state index is -1.12. The van der Waals surface area contributed by atoms with Crippen molar-refractivity contribution >= 4 is 5.97 Å². The maximum absolute atomic E-state index is 13.3. The fraction of sp³-hybridized carbons (Fsp3) is 0. The highest BCUT2D eigenvalue weighted by Gasteiger charge is 2.17. The minimum Gasteiger partial charge on any atom is -0.476 e. The number of carbonyl (C=O) groups is 1. The van der Waals surface area contributed by atoms with E-state index in [0.29, 0.717) is 11.3 Å². The highest BCUT2D eigenvalue weighted by molar-refractivity contribution is 5.93. The van der Waals surface area contributed by atoms with Gasteiger partial charge in [-0.05, 0) is 23.8 Å². The Morgan fingerprint density at radius 2 is 1.86 bits per heavy atom. The molecule has 0 aliphatic rings. The Hall–Kier alpha value is -2.95. The summed E-state index contributed by atoms with van der Waals surface area (Å²) < 4.78 is 14.7. The maximum Gasteiger partial charge on any atom is 0.357 e. The SMILES string of the molecule is O=C(O)c1nn(-c2cccc(F)c2)cc1-c1ccccc1. The Kier molecular flexibility index (Phi) is 3.23. The molecule has 0 amide bonds. The van der Waals surface area contributed by atoms with Crippen LogP contribution in [0.2, 0.25) is 0 Å². The van der Waals surface area contributed by atoms with E-state index in [1.54, 1.807) is 30.5 Å². The average Bonchev–Trinajstić information content (AvgIpc) is 2.93. The first kappa shape index (κ1) is 13.1. The van der Waals surface area contributed by atoms with Crippen molar-refractivity contribution in [2.45, 2.75) is 0 Å². The van der Waals surface area contributed by atoms with E-state index < -0.39 is 11.8 Å². The molecule has 0 fully saturated rings. The minimum absolute atomic E-state index is 0.0644. The van der Waals surface area contributed by atoms with Gasteiger partial charge in [0.25, 0.3) is 0 Å². The lowest BCUT2D eigenvalue weighted by molar-refractivity contribution is 0.0691. The van der Waals surface area contributed by atoms with Gasteiger partial charge in [0.2, 0.25) is 0 Å². The Bertz CT molecular complexity index is 797. The lowest BCUT2D eigenvalue weighted by Gasteiger charge is -2.00. The van der Waals surface area contributed by atoms with Crippen LogP contribution in [0.3, 0.4) is 0 Å². The molecule has 1 heterocycles. The van der Waals surface area contributed by atoms with Gasteiger partial charge in [-0.25, -0.2) is 13.9 Å². The summed E-state index contributed by atoms with van der Waals surface area (Å²) in [5.41, 5.74) is 1.65. The van der Waals surface area contributed by atoms with Crippen molar-refractivity contribution in [2.75, 3.05) is 0 Å². The zero-order valence-electron chi connectivity index (χ0n) is 10.9. The molecule has 4 nitrogen and oxygen atoms in total. The van der Waals surface area contributed by atoms with Gasteiger partial charge in [-0.1, -0.05) is 36.4 Å². The zero-order chi connectivity index (χ0) is 14.8. The smallest absolute Gasteiger partial charge is 0.357 e. The fourth-order valence-corrected chi connectivity index (χ4v) is 2.11. The van der Waals surface area contributed by atoms with Gasteiger partial charge in [-0.15, -0.1) is 0 Å². The molecule has 0 saturated heterocycles. The van der Waals surface area contributed by atoms with Crippen LogP contribution in [0, 0.1) is 5.82 Å². The van der Waals surface area contributed by atoms with E-state index in [1.165, 1.54) is 16.8 Å². The second-order valence-corrected chi connectivity index (χ2v) is 4.49. The summed E-state index contributed by atoms with van der Waals surface area (Å²) in [7, 11) is 0. The van der Waals surface area contributed by atoms with Crippen molar-refractivity contribution < 1.29 is 14.3 Å². The van der Waals surface area contributed by atoms with Crippen LogP contribution in [0.25, 0.3) is 16.8 Å². The molecular weight excluding hydrogens is 271 g/mol. The van der Waals surface area contributed by atoms with E-state index >= 15 is 0 Å². The predicted octanol–water partition coefficient (Wildman–Crippen LogP) is 3.38. The predicted molar refractivity (Wildman–Crippen MR) is 75.9 cm³/mol. The van der Waals surface area contributed by atoms with Crippen LogP contribution in [0.1, 0.15) is 10.5 Å². The first-order valence-electron chi connectivity index (χ1n) is 6.29. The molecule has 0 unspecified atom stereocenters. The van der Waals surface area contributed by atoms with Gasteiger partial charge in [0.05, 0.1) is 5.69 Å². The summed E-state index contributed by atoms with van der Waals surface area (Å²) >= 11 is 0. The standard InChI is InChI=1S/C16H11FN2O2/c17-12-7-4-8-13(9-12)19-10-14(15(18-19)16(20)21)11-5-2-1-3-6-11/h1-10H,(H,20,21). The molecule has 0 atom stereocenters. The molecule has 0 aliphatic heterocycles. The molecule has 104 valence electrons. The molecule has 1 aromatic heterocycles. The zero-order valence-corrected chi connectivity index (χ0v) is 10.9. The lowest BCUT2D eigenvalue weighted by atomic mass is 10.1. The second kappa shape index (κ2) is 5.20. The van der Waals surface area contributed by atoms with Gasteiger partial charge in [-0.2, -0.15) is 5.10 Å². The molecule has 3 aromatic rings. The molecule has 0 radical (unpaired) electrons. The summed E-state index contributed by atoms with van der Waals surface area (Å²) in [5, 5.41) is 13.3. The third-order valence-corrected chi connectivity index (χ3v) is 3.07. The van der Waals surface area contributed by atoms with Gasteiger partial charge >= 0.3 is 5.97 Å². The summed E-state index contributed by atoms with van der Waals surface area (Å²) in [4.78, 5) is 11.4. The molecule has 5 heteroatoms. The molecule has 1 N–H and O–H groups in total. The third kappa shape index (κ3) is 2.53. The number of hydrogen-bond acceptors (Lipinski definition) is 2. The Morgan fingerprint density at radius 1 is 1.10 bits per heavy atom. The number of benzene rings is 2. The van der Waals surface area contributed by atoms with Crippen molar-refractivity contribution in [3.8, 4) is 16.8 Å². The quantitative estimate of drug-likeness (QED) is 0.801. The van der Waals surface area contributed by atoms with Crippen molar-refractivity contribution in [3.63, 3.8) is 0 Å². The number of nitrogens with zero attached hydrogens (tertiary/aromatic N) is 2. The van der Waals surface area contributed by atoms with Crippen LogP contribution >= 0.6 is 0 Å². The number of aromatic carboxylic acids is 1. The summed E-state index contributed by atoms with van der Waals surface area (Å²) in [6, 6.07) is 14.9. The van der Waals surface area contributed by atoms with Gasteiger partial charge in [0, 0.05) is 11.8 Å². The van der Waals surface area contributed by atoms with E-state index in [4.69, 9.17) is 0 Å². The molecule has 0 aliphatic carbocycles. The van der Waals surface area contributed by atoms with Crippen LogP contribution in [0.15, 0.2) is 60.8 Å². The molecule has 21 heavy (non-hydrogen) atoms. The Balaban J connectivity index is 2.15. The highest BCUT2D eigenvalue weighted by atomic mass is 19.1. The van der Waals surface area contributed by atoms with Crippen LogP contribution in [0.4, 0.5) is 4.39 Å². The number of carboxylic acids is 1. The first-order valence-corrected chi connectivity index (χ1v) is 6.29. The highest BCUT2D eigenvalue weighted by Crippen LogP contribution is 2.24. The summed E-state index contributed by atoms with van der Waals surface area (Å²) in [6.07, 6.45) is 1.59. The van der Waals surface area contributed by atoms with Gasteiger partial charge in [-0.3, -0.25) is 0 Å². The Labute approximate surface area is 120 Å². The van der Waals surface area contributed by atoms with E-state index in [0.717, 1.165) is 5.56 Å².